The standard InChI is InChI=1S/C21H16ClN3OS/c1-14-2-4-15(5-3-14)19-11-6-16(12-23)21(25-19)27-13-20(26)24-18-9-7-17(22)8-10-18/h2-11H,13H2,1H3,(H,24,26). The van der Waals surface area contributed by atoms with E-state index in [0.29, 0.717) is 21.3 Å². The zero-order valence-corrected chi connectivity index (χ0v) is 16.1. The van der Waals surface area contributed by atoms with Crippen LogP contribution in [-0.4, -0.2) is 16.6 Å². The first kappa shape index (κ1) is 19.0. The monoisotopic (exact) mass is 393 g/mol. The normalized spacial score (nSPS) is 10.3. The van der Waals surface area contributed by atoms with Gasteiger partial charge in [0.25, 0.3) is 0 Å². The number of hydrogen-bond acceptors (Lipinski definition) is 4. The number of thioether (sulfide) groups is 1. The van der Waals surface area contributed by atoms with Crippen LogP contribution in [0.5, 0.6) is 0 Å². The average Bonchev–Trinajstić information content (AvgIpc) is 2.68. The van der Waals surface area contributed by atoms with Gasteiger partial charge >= 0.3 is 0 Å². The first-order valence-electron chi connectivity index (χ1n) is 8.21. The zero-order valence-electron chi connectivity index (χ0n) is 14.6. The number of hydrogen-bond donors (Lipinski definition) is 1. The number of anilines is 1. The molecule has 0 aliphatic heterocycles. The molecule has 0 bridgehead atoms. The van der Waals surface area contributed by atoms with Crippen molar-refractivity contribution in [3.8, 4) is 17.3 Å². The largest absolute Gasteiger partial charge is 0.325 e. The lowest BCUT2D eigenvalue weighted by molar-refractivity contribution is -0.113. The molecule has 0 aliphatic rings. The molecule has 0 spiro atoms. The van der Waals surface area contributed by atoms with E-state index in [1.54, 1.807) is 30.3 Å². The molecule has 0 aliphatic carbocycles. The van der Waals surface area contributed by atoms with Crippen molar-refractivity contribution in [2.24, 2.45) is 0 Å². The van der Waals surface area contributed by atoms with Gasteiger partial charge in [-0.3, -0.25) is 4.79 Å². The van der Waals surface area contributed by atoms with Crippen molar-refractivity contribution >= 4 is 35.0 Å². The fraction of sp³-hybridized carbons (Fsp3) is 0.0952. The van der Waals surface area contributed by atoms with E-state index in [0.717, 1.165) is 11.3 Å². The summed E-state index contributed by atoms with van der Waals surface area (Å²) in [5.41, 5.74) is 4.04. The molecule has 27 heavy (non-hydrogen) atoms. The molecule has 134 valence electrons. The number of amides is 1. The van der Waals surface area contributed by atoms with Gasteiger partial charge in [0.15, 0.2) is 0 Å². The second kappa shape index (κ2) is 8.72. The lowest BCUT2D eigenvalue weighted by Gasteiger charge is -2.08. The lowest BCUT2D eigenvalue weighted by atomic mass is 10.1. The Kier molecular flexibility index (Phi) is 6.12. The third-order valence-electron chi connectivity index (χ3n) is 3.80. The molecular weight excluding hydrogens is 378 g/mol. The van der Waals surface area contributed by atoms with E-state index in [-0.39, 0.29) is 11.7 Å². The van der Waals surface area contributed by atoms with Crippen LogP contribution in [0.3, 0.4) is 0 Å². The van der Waals surface area contributed by atoms with Gasteiger partial charge in [0, 0.05) is 16.3 Å². The van der Waals surface area contributed by atoms with Crippen molar-refractivity contribution < 1.29 is 4.79 Å². The first-order chi connectivity index (χ1) is 13.0. The first-order valence-corrected chi connectivity index (χ1v) is 9.58. The van der Waals surface area contributed by atoms with Gasteiger partial charge in [0.1, 0.15) is 11.1 Å². The predicted octanol–water partition coefficient (Wildman–Crippen LogP) is 5.31. The van der Waals surface area contributed by atoms with Gasteiger partial charge in [-0.1, -0.05) is 53.2 Å². The summed E-state index contributed by atoms with van der Waals surface area (Å²) in [6, 6.07) is 20.6. The topological polar surface area (TPSA) is 65.8 Å². The number of halogens is 1. The minimum atomic E-state index is -0.172. The maximum absolute atomic E-state index is 12.2. The number of nitrogens with one attached hydrogen (secondary N) is 1. The Balaban J connectivity index is 1.72. The summed E-state index contributed by atoms with van der Waals surface area (Å²) < 4.78 is 0. The van der Waals surface area contributed by atoms with Gasteiger partial charge < -0.3 is 5.32 Å². The van der Waals surface area contributed by atoms with Gasteiger partial charge in [-0.15, -0.1) is 0 Å². The maximum atomic E-state index is 12.2. The summed E-state index contributed by atoms with van der Waals surface area (Å²) in [4.78, 5) is 16.8. The summed E-state index contributed by atoms with van der Waals surface area (Å²) in [6.45, 7) is 2.02. The van der Waals surface area contributed by atoms with Crippen molar-refractivity contribution in [2.75, 3.05) is 11.1 Å². The van der Waals surface area contributed by atoms with E-state index in [1.807, 2.05) is 37.3 Å². The molecule has 3 rings (SSSR count). The Bertz CT molecular complexity index is 995. The third-order valence-corrected chi connectivity index (χ3v) is 5.04. The van der Waals surface area contributed by atoms with Crippen LogP contribution in [0, 0.1) is 18.3 Å². The molecule has 0 unspecified atom stereocenters. The fourth-order valence-electron chi connectivity index (χ4n) is 2.38. The van der Waals surface area contributed by atoms with Crippen molar-refractivity contribution in [3.05, 3.63) is 76.8 Å². The van der Waals surface area contributed by atoms with Crippen molar-refractivity contribution in [3.63, 3.8) is 0 Å². The Morgan fingerprint density at radius 1 is 1.11 bits per heavy atom. The second-order valence-electron chi connectivity index (χ2n) is 5.87. The van der Waals surface area contributed by atoms with Gasteiger partial charge in [-0.2, -0.15) is 5.26 Å². The summed E-state index contributed by atoms with van der Waals surface area (Å²) in [6.07, 6.45) is 0. The Labute approximate surface area is 167 Å². The number of benzene rings is 2. The molecule has 4 nitrogen and oxygen atoms in total. The fourth-order valence-corrected chi connectivity index (χ4v) is 3.28. The van der Waals surface area contributed by atoms with E-state index in [4.69, 9.17) is 11.6 Å². The molecule has 1 N–H and O–H groups in total. The van der Waals surface area contributed by atoms with E-state index in [9.17, 15) is 10.1 Å². The van der Waals surface area contributed by atoms with E-state index in [1.165, 1.54) is 17.3 Å². The molecule has 0 saturated heterocycles. The number of carbonyl (C=O) groups is 1. The smallest absolute Gasteiger partial charge is 0.234 e. The van der Waals surface area contributed by atoms with Crippen LogP contribution in [0.15, 0.2) is 65.7 Å². The summed E-state index contributed by atoms with van der Waals surface area (Å²) in [7, 11) is 0. The number of aromatic nitrogens is 1. The molecule has 0 saturated carbocycles. The van der Waals surface area contributed by atoms with Gasteiger partial charge in [-0.25, -0.2) is 4.98 Å². The number of rotatable bonds is 5. The molecule has 0 fully saturated rings. The van der Waals surface area contributed by atoms with Crippen LogP contribution in [-0.2, 0) is 4.79 Å². The van der Waals surface area contributed by atoms with Crippen molar-refractivity contribution in [1.29, 1.82) is 5.26 Å². The van der Waals surface area contributed by atoms with E-state index >= 15 is 0 Å². The van der Waals surface area contributed by atoms with E-state index in [2.05, 4.69) is 16.4 Å². The minimum Gasteiger partial charge on any atom is -0.325 e. The molecule has 1 heterocycles. The SMILES string of the molecule is Cc1ccc(-c2ccc(C#N)c(SCC(=O)Nc3ccc(Cl)cc3)n2)cc1. The third kappa shape index (κ3) is 5.10. The molecule has 1 aromatic heterocycles. The highest BCUT2D eigenvalue weighted by Crippen LogP contribution is 2.26. The Hall–Kier alpha value is -2.81. The van der Waals surface area contributed by atoms with Crippen LogP contribution in [0.1, 0.15) is 11.1 Å². The number of carbonyl (C=O) groups excluding carboxylic acids is 1. The number of aryl methyl sites for hydroxylation is 1. The molecular formula is C21H16ClN3OS. The number of pyridine rings is 1. The molecule has 0 radical (unpaired) electrons. The van der Waals surface area contributed by atoms with Crippen LogP contribution in [0.2, 0.25) is 5.02 Å². The summed E-state index contributed by atoms with van der Waals surface area (Å²) >= 11 is 7.08. The highest BCUT2D eigenvalue weighted by atomic mass is 35.5. The Morgan fingerprint density at radius 3 is 2.48 bits per heavy atom. The highest BCUT2D eigenvalue weighted by molar-refractivity contribution is 8.00. The average molecular weight is 394 g/mol. The maximum Gasteiger partial charge on any atom is 0.234 e. The quantitative estimate of drug-likeness (QED) is 0.596. The molecule has 3 aromatic rings. The zero-order chi connectivity index (χ0) is 19.2. The summed E-state index contributed by atoms with van der Waals surface area (Å²) in [5, 5.41) is 13.3. The minimum absolute atomic E-state index is 0.154. The van der Waals surface area contributed by atoms with Crippen LogP contribution >= 0.6 is 23.4 Å². The molecule has 6 heteroatoms. The van der Waals surface area contributed by atoms with Gasteiger partial charge in [0.05, 0.1) is 17.0 Å². The summed E-state index contributed by atoms with van der Waals surface area (Å²) in [5.74, 6) is -0.0180. The number of nitriles is 1. The van der Waals surface area contributed by atoms with Gasteiger partial charge in [0.2, 0.25) is 5.91 Å². The highest BCUT2D eigenvalue weighted by Gasteiger charge is 2.11. The van der Waals surface area contributed by atoms with Crippen molar-refractivity contribution in [1.82, 2.24) is 4.98 Å². The van der Waals surface area contributed by atoms with Crippen LogP contribution in [0.25, 0.3) is 11.3 Å². The van der Waals surface area contributed by atoms with E-state index < -0.39 is 0 Å². The molecule has 1 amide bonds. The predicted molar refractivity (Wildman–Crippen MR) is 110 cm³/mol. The van der Waals surface area contributed by atoms with Crippen LogP contribution in [0.4, 0.5) is 5.69 Å². The van der Waals surface area contributed by atoms with Crippen molar-refractivity contribution in [2.45, 2.75) is 11.9 Å². The Morgan fingerprint density at radius 2 is 1.81 bits per heavy atom. The van der Waals surface area contributed by atoms with Crippen LogP contribution < -0.4 is 5.32 Å². The lowest BCUT2D eigenvalue weighted by Crippen LogP contribution is -2.14. The van der Waals surface area contributed by atoms with Gasteiger partial charge in [-0.05, 0) is 43.3 Å². The molecule has 2 aromatic carbocycles. The number of nitrogens with zero attached hydrogens (tertiary/aromatic N) is 2. The second-order valence-corrected chi connectivity index (χ2v) is 7.27. The molecule has 0 atom stereocenters.